The zero-order valence-electron chi connectivity index (χ0n) is 14.7. The van der Waals surface area contributed by atoms with Crippen LogP contribution in [0.25, 0.3) is 16.9 Å². The van der Waals surface area contributed by atoms with E-state index < -0.39 is 0 Å². The van der Waals surface area contributed by atoms with Gasteiger partial charge in [-0.15, -0.1) is 0 Å². The van der Waals surface area contributed by atoms with Crippen LogP contribution in [0, 0.1) is 6.92 Å². The molecule has 2 aromatic carbocycles. The van der Waals surface area contributed by atoms with Crippen molar-refractivity contribution in [2.45, 2.75) is 13.5 Å². The Morgan fingerprint density at radius 3 is 2.69 bits per heavy atom. The second kappa shape index (κ2) is 6.84. The van der Waals surface area contributed by atoms with E-state index in [0.717, 1.165) is 22.7 Å². The van der Waals surface area contributed by atoms with Gasteiger partial charge in [-0.05, 0) is 30.2 Å². The van der Waals surface area contributed by atoms with E-state index in [4.69, 9.17) is 4.74 Å². The summed E-state index contributed by atoms with van der Waals surface area (Å²) in [5.41, 5.74) is 4.43. The second-order valence-corrected chi connectivity index (χ2v) is 6.06. The number of nitrogens with one attached hydrogen (secondary N) is 1. The molecule has 2 aromatic heterocycles. The summed E-state index contributed by atoms with van der Waals surface area (Å²) in [5.74, 6) is 2.24. The Morgan fingerprint density at radius 2 is 1.92 bits per heavy atom. The maximum absolute atomic E-state index is 5.25. The number of hydrogen-bond acceptors (Lipinski definition) is 5. The molecule has 6 heteroatoms. The van der Waals surface area contributed by atoms with Crippen LogP contribution in [0.1, 0.15) is 11.1 Å². The number of aryl methyl sites for hydroxylation is 1. The van der Waals surface area contributed by atoms with Crippen molar-refractivity contribution in [2.24, 2.45) is 0 Å². The quantitative estimate of drug-likeness (QED) is 0.597. The smallest absolute Gasteiger partial charge is 0.254 e. The summed E-state index contributed by atoms with van der Waals surface area (Å²) in [6.07, 6.45) is 3.34. The van der Waals surface area contributed by atoms with E-state index in [1.54, 1.807) is 11.6 Å². The van der Waals surface area contributed by atoms with Crippen LogP contribution in [0.15, 0.2) is 61.1 Å². The molecular formula is C20H19N5O. The molecule has 0 saturated heterocycles. The minimum atomic E-state index is 0.564. The van der Waals surface area contributed by atoms with E-state index in [-0.39, 0.29) is 0 Å². The molecule has 2 heterocycles. The monoisotopic (exact) mass is 345 g/mol. The molecular weight excluding hydrogens is 326 g/mol. The molecule has 0 radical (unpaired) electrons. The van der Waals surface area contributed by atoms with E-state index in [9.17, 15) is 0 Å². The lowest BCUT2D eigenvalue weighted by Gasteiger charge is -2.14. The first-order chi connectivity index (χ1) is 12.7. The van der Waals surface area contributed by atoms with Gasteiger partial charge in [0.15, 0.2) is 0 Å². The van der Waals surface area contributed by atoms with Crippen LogP contribution in [0.3, 0.4) is 0 Å². The van der Waals surface area contributed by atoms with Crippen molar-refractivity contribution in [1.29, 1.82) is 0 Å². The Balaban J connectivity index is 1.74. The van der Waals surface area contributed by atoms with Crippen LogP contribution in [-0.4, -0.2) is 26.7 Å². The van der Waals surface area contributed by atoms with Crippen molar-refractivity contribution < 1.29 is 4.74 Å². The highest BCUT2D eigenvalue weighted by atomic mass is 16.5. The van der Waals surface area contributed by atoms with E-state index in [1.165, 1.54) is 17.5 Å². The average Bonchev–Trinajstić information content (AvgIpc) is 3.15. The number of rotatable bonds is 5. The zero-order chi connectivity index (χ0) is 17.9. The van der Waals surface area contributed by atoms with Crippen LogP contribution in [0.5, 0.6) is 5.75 Å². The molecule has 0 bridgehead atoms. The summed E-state index contributed by atoms with van der Waals surface area (Å²) < 4.78 is 6.98. The van der Waals surface area contributed by atoms with E-state index >= 15 is 0 Å². The third-order valence-corrected chi connectivity index (χ3v) is 4.25. The van der Waals surface area contributed by atoms with Gasteiger partial charge in [0.2, 0.25) is 0 Å². The lowest BCUT2D eigenvalue weighted by atomic mass is 10.1. The fourth-order valence-electron chi connectivity index (χ4n) is 2.94. The van der Waals surface area contributed by atoms with Crippen molar-refractivity contribution in [2.75, 3.05) is 12.4 Å². The van der Waals surface area contributed by atoms with Gasteiger partial charge in [0.25, 0.3) is 5.78 Å². The third kappa shape index (κ3) is 3.09. The molecule has 0 aliphatic rings. The van der Waals surface area contributed by atoms with Crippen molar-refractivity contribution in [1.82, 2.24) is 19.6 Å². The van der Waals surface area contributed by atoms with Crippen LogP contribution in [-0.2, 0) is 6.54 Å². The van der Waals surface area contributed by atoms with Crippen LogP contribution in [0.4, 0.5) is 5.82 Å². The van der Waals surface area contributed by atoms with Gasteiger partial charge in [0, 0.05) is 18.3 Å². The average molecular weight is 345 g/mol. The first kappa shape index (κ1) is 16.1. The van der Waals surface area contributed by atoms with Crippen molar-refractivity contribution >= 4 is 11.6 Å². The van der Waals surface area contributed by atoms with Crippen LogP contribution in [0.2, 0.25) is 0 Å². The van der Waals surface area contributed by atoms with E-state index in [0.29, 0.717) is 12.3 Å². The SMILES string of the molecule is COc1ccc(-c2cnc3ncnn3c2NCc2cccc(C)c2)cc1. The first-order valence-electron chi connectivity index (χ1n) is 8.37. The topological polar surface area (TPSA) is 64.3 Å². The van der Waals surface area contributed by atoms with Gasteiger partial charge in [-0.2, -0.15) is 14.6 Å². The Bertz CT molecular complexity index is 1040. The fraction of sp³-hybridized carbons (Fsp3) is 0.150. The molecule has 0 aliphatic heterocycles. The predicted molar refractivity (Wildman–Crippen MR) is 101 cm³/mol. The minimum Gasteiger partial charge on any atom is -0.497 e. The number of fused-ring (bicyclic) bond motifs is 1. The largest absolute Gasteiger partial charge is 0.497 e. The van der Waals surface area contributed by atoms with Gasteiger partial charge in [0.1, 0.15) is 17.9 Å². The van der Waals surface area contributed by atoms with Crippen molar-refractivity contribution in [3.63, 3.8) is 0 Å². The molecule has 4 rings (SSSR count). The summed E-state index contributed by atoms with van der Waals surface area (Å²) >= 11 is 0. The highest BCUT2D eigenvalue weighted by molar-refractivity contribution is 5.76. The lowest BCUT2D eigenvalue weighted by molar-refractivity contribution is 0.415. The number of hydrogen-bond donors (Lipinski definition) is 1. The Labute approximate surface area is 151 Å². The molecule has 6 nitrogen and oxygen atoms in total. The molecule has 0 saturated carbocycles. The molecule has 0 atom stereocenters. The molecule has 1 N–H and O–H groups in total. The number of nitrogens with zero attached hydrogens (tertiary/aromatic N) is 4. The van der Waals surface area contributed by atoms with Crippen molar-refractivity contribution in [3.05, 3.63) is 72.2 Å². The standard InChI is InChI=1S/C20H19N5O/c1-14-4-3-5-15(10-14)11-21-19-18(12-22-20-23-13-24-25(19)20)16-6-8-17(26-2)9-7-16/h3-10,12-13,21H,11H2,1-2H3. The molecule has 0 amide bonds. The molecule has 0 fully saturated rings. The van der Waals surface area contributed by atoms with Gasteiger partial charge >= 0.3 is 0 Å². The number of benzene rings is 2. The minimum absolute atomic E-state index is 0.564. The van der Waals surface area contributed by atoms with Gasteiger partial charge < -0.3 is 10.1 Å². The Morgan fingerprint density at radius 1 is 1.08 bits per heavy atom. The second-order valence-electron chi connectivity index (χ2n) is 6.06. The van der Waals surface area contributed by atoms with Gasteiger partial charge in [0.05, 0.1) is 7.11 Å². The zero-order valence-corrected chi connectivity index (χ0v) is 14.7. The fourth-order valence-corrected chi connectivity index (χ4v) is 2.94. The Hall–Kier alpha value is -3.41. The van der Waals surface area contributed by atoms with Gasteiger partial charge in [-0.25, -0.2) is 4.98 Å². The summed E-state index contributed by atoms with van der Waals surface area (Å²) in [6.45, 7) is 2.78. The molecule has 4 aromatic rings. The molecule has 26 heavy (non-hydrogen) atoms. The summed E-state index contributed by atoms with van der Waals surface area (Å²) in [5, 5.41) is 7.83. The summed E-state index contributed by atoms with van der Waals surface area (Å²) in [4.78, 5) is 8.60. The summed E-state index contributed by atoms with van der Waals surface area (Å²) in [6, 6.07) is 16.3. The maximum atomic E-state index is 5.25. The van der Waals surface area contributed by atoms with E-state index in [2.05, 4.69) is 51.6 Å². The Kier molecular flexibility index (Phi) is 4.23. The highest BCUT2D eigenvalue weighted by Gasteiger charge is 2.12. The van der Waals surface area contributed by atoms with Crippen molar-refractivity contribution in [3.8, 4) is 16.9 Å². The number of anilines is 1. The van der Waals surface area contributed by atoms with Crippen LogP contribution < -0.4 is 10.1 Å². The van der Waals surface area contributed by atoms with E-state index in [1.807, 2.05) is 30.5 Å². The normalized spacial score (nSPS) is 10.8. The number of ether oxygens (including phenoxy) is 1. The number of aromatic nitrogens is 4. The predicted octanol–water partition coefficient (Wildman–Crippen LogP) is 3.72. The molecule has 130 valence electrons. The van der Waals surface area contributed by atoms with Crippen LogP contribution >= 0.6 is 0 Å². The number of methoxy groups -OCH3 is 1. The first-order valence-corrected chi connectivity index (χ1v) is 8.37. The van der Waals surface area contributed by atoms with Gasteiger partial charge in [-0.3, -0.25) is 0 Å². The van der Waals surface area contributed by atoms with Gasteiger partial charge in [-0.1, -0.05) is 42.0 Å². The third-order valence-electron chi connectivity index (χ3n) is 4.25. The lowest BCUT2D eigenvalue weighted by Crippen LogP contribution is -2.08. The molecule has 0 aliphatic carbocycles. The molecule has 0 unspecified atom stereocenters. The highest BCUT2D eigenvalue weighted by Crippen LogP contribution is 2.29. The summed E-state index contributed by atoms with van der Waals surface area (Å²) in [7, 11) is 1.66. The maximum Gasteiger partial charge on any atom is 0.254 e. The molecule has 0 spiro atoms.